The Morgan fingerprint density at radius 2 is 1.94 bits per heavy atom. The van der Waals surface area contributed by atoms with Gasteiger partial charge in [-0.15, -0.1) is 0 Å². The Morgan fingerprint density at radius 1 is 1.28 bits per heavy atom. The number of carbonyl (C=O) groups is 1. The Hall–Kier alpha value is -2.10. The molecule has 0 fully saturated rings. The van der Waals surface area contributed by atoms with Crippen LogP contribution in [0.2, 0.25) is 0 Å². The molecule has 4 nitrogen and oxygen atoms in total. The van der Waals surface area contributed by atoms with Crippen LogP contribution >= 0.6 is 0 Å². The van der Waals surface area contributed by atoms with Gasteiger partial charge >= 0.3 is 5.97 Å². The molecule has 0 atom stereocenters. The number of hydrogen-bond donors (Lipinski definition) is 1. The summed E-state index contributed by atoms with van der Waals surface area (Å²) in [5.74, 6) is -0.225. The molecule has 4 heteroatoms. The van der Waals surface area contributed by atoms with Crippen LogP contribution in [0.4, 0.5) is 0 Å². The molecular formula is C14H16N2O2. The number of aryl methyl sites for hydroxylation is 2. The number of aromatic carboxylic acids is 1. The number of imidazole rings is 1. The van der Waals surface area contributed by atoms with Crippen molar-refractivity contribution in [2.24, 2.45) is 7.05 Å². The van der Waals surface area contributed by atoms with Gasteiger partial charge in [0.1, 0.15) is 5.82 Å². The minimum absolute atomic E-state index is 0.172. The molecule has 0 aliphatic carbocycles. The van der Waals surface area contributed by atoms with Crippen LogP contribution in [0.25, 0.3) is 0 Å². The summed E-state index contributed by atoms with van der Waals surface area (Å²) in [6, 6.07) is 10.0. The molecule has 0 amide bonds. The SMILES string of the molecule is Cc1nc(C(=O)O)c(CCc2ccccc2)n1C. The van der Waals surface area contributed by atoms with Gasteiger partial charge in [-0.25, -0.2) is 9.78 Å². The summed E-state index contributed by atoms with van der Waals surface area (Å²) in [7, 11) is 1.86. The molecule has 1 N–H and O–H groups in total. The van der Waals surface area contributed by atoms with E-state index in [1.165, 1.54) is 5.56 Å². The third-order valence-corrected chi connectivity index (χ3v) is 3.13. The Balaban J connectivity index is 2.21. The molecule has 0 radical (unpaired) electrons. The number of aromatic nitrogens is 2. The van der Waals surface area contributed by atoms with E-state index in [0.29, 0.717) is 6.42 Å². The van der Waals surface area contributed by atoms with Gasteiger partial charge in [0.25, 0.3) is 0 Å². The lowest BCUT2D eigenvalue weighted by molar-refractivity contribution is 0.0689. The zero-order chi connectivity index (χ0) is 13.1. The Morgan fingerprint density at radius 3 is 2.56 bits per heavy atom. The fourth-order valence-electron chi connectivity index (χ4n) is 2.02. The predicted molar refractivity (Wildman–Crippen MR) is 68.8 cm³/mol. The van der Waals surface area contributed by atoms with E-state index >= 15 is 0 Å². The summed E-state index contributed by atoms with van der Waals surface area (Å²) in [6.07, 6.45) is 1.50. The van der Waals surface area contributed by atoms with Crippen molar-refractivity contribution < 1.29 is 9.90 Å². The summed E-state index contributed by atoms with van der Waals surface area (Å²) in [6.45, 7) is 1.82. The van der Waals surface area contributed by atoms with E-state index in [1.54, 1.807) is 0 Å². The van der Waals surface area contributed by atoms with Crippen LogP contribution in [-0.2, 0) is 19.9 Å². The summed E-state index contributed by atoms with van der Waals surface area (Å²) in [5, 5.41) is 9.12. The summed E-state index contributed by atoms with van der Waals surface area (Å²) < 4.78 is 1.85. The lowest BCUT2D eigenvalue weighted by atomic mass is 10.1. The molecule has 0 spiro atoms. The van der Waals surface area contributed by atoms with Crippen molar-refractivity contribution in [2.45, 2.75) is 19.8 Å². The molecule has 2 rings (SSSR count). The van der Waals surface area contributed by atoms with Crippen LogP contribution < -0.4 is 0 Å². The highest BCUT2D eigenvalue weighted by Gasteiger charge is 2.17. The van der Waals surface area contributed by atoms with Gasteiger partial charge in [-0.05, 0) is 25.3 Å². The van der Waals surface area contributed by atoms with Gasteiger partial charge in [0.2, 0.25) is 0 Å². The maximum absolute atomic E-state index is 11.1. The second-order valence-corrected chi connectivity index (χ2v) is 4.30. The maximum Gasteiger partial charge on any atom is 0.356 e. The molecule has 0 bridgehead atoms. The van der Waals surface area contributed by atoms with Crippen LogP contribution in [-0.4, -0.2) is 20.6 Å². The van der Waals surface area contributed by atoms with Crippen molar-refractivity contribution in [1.82, 2.24) is 9.55 Å². The largest absolute Gasteiger partial charge is 0.476 e. The minimum Gasteiger partial charge on any atom is -0.476 e. The summed E-state index contributed by atoms with van der Waals surface area (Å²) >= 11 is 0. The molecule has 0 unspecified atom stereocenters. The normalized spacial score (nSPS) is 10.6. The van der Waals surface area contributed by atoms with Crippen LogP contribution in [0.3, 0.4) is 0 Å². The highest BCUT2D eigenvalue weighted by Crippen LogP contribution is 2.13. The first-order valence-corrected chi connectivity index (χ1v) is 5.89. The van der Waals surface area contributed by atoms with Crippen molar-refractivity contribution >= 4 is 5.97 Å². The number of benzene rings is 1. The lowest BCUT2D eigenvalue weighted by Crippen LogP contribution is -2.06. The molecule has 0 saturated heterocycles. The first-order valence-electron chi connectivity index (χ1n) is 5.89. The Labute approximate surface area is 106 Å². The first kappa shape index (κ1) is 12.4. The van der Waals surface area contributed by atoms with E-state index in [9.17, 15) is 4.79 Å². The number of nitrogens with zero attached hydrogens (tertiary/aromatic N) is 2. The zero-order valence-corrected chi connectivity index (χ0v) is 10.6. The van der Waals surface area contributed by atoms with Crippen molar-refractivity contribution in [2.75, 3.05) is 0 Å². The molecule has 0 saturated carbocycles. The smallest absolute Gasteiger partial charge is 0.356 e. The van der Waals surface area contributed by atoms with E-state index in [1.807, 2.05) is 48.9 Å². The van der Waals surface area contributed by atoms with Crippen molar-refractivity contribution in [3.63, 3.8) is 0 Å². The maximum atomic E-state index is 11.1. The third-order valence-electron chi connectivity index (χ3n) is 3.13. The molecule has 2 aromatic rings. The van der Waals surface area contributed by atoms with Gasteiger partial charge in [-0.2, -0.15) is 0 Å². The van der Waals surface area contributed by atoms with E-state index in [4.69, 9.17) is 5.11 Å². The van der Waals surface area contributed by atoms with Gasteiger partial charge in [-0.1, -0.05) is 30.3 Å². The fourth-order valence-corrected chi connectivity index (χ4v) is 2.02. The molecule has 1 heterocycles. The predicted octanol–water partition coefficient (Wildman–Crippen LogP) is 2.21. The van der Waals surface area contributed by atoms with Crippen molar-refractivity contribution in [3.8, 4) is 0 Å². The van der Waals surface area contributed by atoms with E-state index in [-0.39, 0.29) is 5.69 Å². The van der Waals surface area contributed by atoms with Crippen molar-refractivity contribution in [1.29, 1.82) is 0 Å². The molecule has 18 heavy (non-hydrogen) atoms. The Bertz CT molecular complexity index is 559. The van der Waals surface area contributed by atoms with Gasteiger partial charge in [0, 0.05) is 7.05 Å². The minimum atomic E-state index is -0.957. The first-order chi connectivity index (χ1) is 8.59. The van der Waals surface area contributed by atoms with E-state index < -0.39 is 5.97 Å². The zero-order valence-electron chi connectivity index (χ0n) is 10.6. The van der Waals surface area contributed by atoms with Crippen LogP contribution in [0, 0.1) is 6.92 Å². The van der Waals surface area contributed by atoms with Gasteiger partial charge in [0.05, 0.1) is 5.69 Å². The standard InChI is InChI=1S/C14H16N2O2/c1-10-15-13(14(17)18)12(16(10)2)9-8-11-6-4-3-5-7-11/h3-7H,8-9H2,1-2H3,(H,17,18). The monoisotopic (exact) mass is 244 g/mol. The summed E-state index contributed by atoms with van der Waals surface area (Å²) in [4.78, 5) is 15.2. The molecule has 1 aromatic heterocycles. The Kier molecular flexibility index (Phi) is 3.46. The number of carboxylic acid groups (broad SMARTS) is 1. The average Bonchev–Trinajstić information content (AvgIpc) is 2.65. The third kappa shape index (κ3) is 2.42. The summed E-state index contributed by atoms with van der Waals surface area (Å²) in [5.41, 5.74) is 2.16. The molecular weight excluding hydrogens is 228 g/mol. The number of hydrogen-bond acceptors (Lipinski definition) is 2. The van der Waals surface area contributed by atoms with Crippen molar-refractivity contribution in [3.05, 3.63) is 53.1 Å². The van der Waals surface area contributed by atoms with Gasteiger partial charge < -0.3 is 9.67 Å². The fraction of sp³-hybridized carbons (Fsp3) is 0.286. The molecule has 1 aromatic carbocycles. The van der Waals surface area contributed by atoms with Crippen LogP contribution in [0.5, 0.6) is 0 Å². The van der Waals surface area contributed by atoms with Crippen LogP contribution in [0.1, 0.15) is 27.6 Å². The highest BCUT2D eigenvalue weighted by molar-refractivity contribution is 5.86. The average molecular weight is 244 g/mol. The van der Waals surface area contributed by atoms with Crippen LogP contribution in [0.15, 0.2) is 30.3 Å². The van der Waals surface area contributed by atoms with E-state index in [2.05, 4.69) is 4.98 Å². The topological polar surface area (TPSA) is 55.1 Å². The second kappa shape index (κ2) is 5.04. The molecule has 0 aliphatic rings. The van der Waals surface area contributed by atoms with Gasteiger partial charge in [-0.3, -0.25) is 0 Å². The van der Waals surface area contributed by atoms with Gasteiger partial charge in [0.15, 0.2) is 5.69 Å². The molecule has 0 aliphatic heterocycles. The number of carboxylic acids is 1. The second-order valence-electron chi connectivity index (χ2n) is 4.30. The quantitative estimate of drug-likeness (QED) is 0.897. The lowest BCUT2D eigenvalue weighted by Gasteiger charge is -2.05. The van der Waals surface area contributed by atoms with E-state index in [0.717, 1.165) is 17.9 Å². The highest BCUT2D eigenvalue weighted by atomic mass is 16.4. The molecule has 94 valence electrons. The number of rotatable bonds is 4.